The predicted molar refractivity (Wildman–Crippen MR) is 107 cm³/mol. The molecule has 162 valence electrons. The molecule has 0 radical (unpaired) electrons. The number of carbonyl (C=O) groups excluding carboxylic acids is 4. The first-order valence-corrected chi connectivity index (χ1v) is 10.0. The summed E-state index contributed by atoms with van der Waals surface area (Å²) in [5, 5.41) is 2.42. The van der Waals surface area contributed by atoms with E-state index in [4.69, 9.17) is 17.2 Å². The van der Waals surface area contributed by atoms with Crippen LogP contribution in [0, 0.1) is 11.3 Å². The van der Waals surface area contributed by atoms with Crippen molar-refractivity contribution in [2.45, 2.75) is 64.5 Å². The van der Waals surface area contributed by atoms with Gasteiger partial charge in [-0.1, -0.05) is 13.8 Å². The van der Waals surface area contributed by atoms with E-state index in [1.54, 1.807) is 0 Å². The molecule has 2 fully saturated rings. The Balaban J connectivity index is 1.92. The Morgan fingerprint density at radius 2 is 1.97 bits per heavy atom. The quantitative estimate of drug-likeness (QED) is 0.181. The van der Waals surface area contributed by atoms with Crippen molar-refractivity contribution in [3.8, 4) is 0 Å². The molecule has 7 N–H and O–H groups in total. The van der Waals surface area contributed by atoms with Crippen molar-refractivity contribution in [3.05, 3.63) is 0 Å². The van der Waals surface area contributed by atoms with E-state index in [1.807, 2.05) is 13.8 Å². The minimum absolute atomic E-state index is 0.0158. The number of likely N-dealkylation sites (tertiary alicyclic amines) is 1. The second-order valence-electron chi connectivity index (χ2n) is 8.56. The lowest BCUT2D eigenvalue weighted by Gasteiger charge is -2.28. The van der Waals surface area contributed by atoms with Crippen molar-refractivity contribution >= 4 is 29.5 Å². The van der Waals surface area contributed by atoms with Gasteiger partial charge in [0.2, 0.25) is 17.7 Å². The molecule has 1 saturated carbocycles. The van der Waals surface area contributed by atoms with Crippen molar-refractivity contribution in [1.29, 1.82) is 0 Å². The molecule has 10 heteroatoms. The Morgan fingerprint density at radius 1 is 1.28 bits per heavy atom. The van der Waals surface area contributed by atoms with Crippen LogP contribution in [0.2, 0.25) is 0 Å². The van der Waals surface area contributed by atoms with Crippen molar-refractivity contribution in [3.63, 3.8) is 0 Å². The second kappa shape index (κ2) is 9.34. The van der Waals surface area contributed by atoms with Crippen molar-refractivity contribution in [2.75, 3.05) is 13.1 Å². The fourth-order valence-electron chi connectivity index (χ4n) is 4.11. The molecule has 10 nitrogen and oxygen atoms in total. The third-order valence-electron chi connectivity index (χ3n) is 5.71. The van der Waals surface area contributed by atoms with Gasteiger partial charge in [-0.15, -0.1) is 0 Å². The molecule has 2 rings (SSSR count). The fourth-order valence-corrected chi connectivity index (χ4v) is 4.11. The number of ketones is 1. The summed E-state index contributed by atoms with van der Waals surface area (Å²) in [7, 11) is 0. The highest BCUT2D eigenvalue weighted by molar-refractivity contribution is 6.03. The first-order chi connectivity index (χ1) is 13.5. The number of Topliss-reactive ketones (excluding diaryl/α,β-unsaturated/α-hetero) is 1. The first-order valence-electron chi connectivity index (χ1n) is 10.0. The normalized spacial score (nSPS) is 24.2. The Morgan fingerprint density at radius 3 is 2.55 bits per heavy atom. The van der Waals surface area contributed by atoms with Gasteiger partial charge in [0.1, 0.15) is 11.8 Å². The van der Waals surface area contributed by atoms with Crippen molar-refractivity contribution in [2.24, 2.45) is 33.5 Å². The van der Waals surface area contributed by atoms with E-state index in [1.165, 1.54) is 4.90 Å². The third-order valence-corrected chi connectivity index (χ3v) is 5.71. The number of nitrogens with two attached hydrogens (primary N) is 3. The van der Waals surface area contributed by atoms with Crippen LogP contribution in [0.15, 0.2) is 4.99 Å². The average Bonchev–Trinajstić information content (AvgIpc) is 3.21. The third kappa shape index (κ3) is 5.75. The largest absolute Gasteiger partial charge is 0.370 e. The highest BCUT2D eigenvalue weighted by Crippen LogP contribution is 2.40. The molecular formula is C19H32N6O4. The van der Waals surface area contributed by atoms with Gasteiger partial charge in [0.15, 0.2) is 5.96 Å². The maximum atomic E-state index is 12.7. The van der Waals surface area contributed by atoms with Gasteiger partial charge in [0.05, 0.1) is 12.0 Å². The molecule has 0 spiro atoms. The molecule has 0 aromatic rings. The van der Waals surface area contributed by atoms with Crippen LogP contribution >= 0.6 is 0 Å². The standard InChI is InChI=1S/C19H32N6O4/c1-19(2)10-11(26)9-12(19)15(27)24-16(28)14-6-4-8-25(14)17(29)13(20)5-3-7-23-18(21)22/h12-14H,3-10,20H2,1-2H3,(H4,21,22,23)(H,24,27,28)/t12?,13-,14-/m0/s1. The summed E-state index contributed by atoms with van der Waals surface area (Å²) in [6.45, 7) is 4.48. The zero-order valence-corrected chi connectivity index (χ0v) is 17.1. The lowest BCUT2D eigenvalue weighted by atomic mass is 9.81. The highest BCUT2D eigenvalue weighted by atomic mass is 16.2. The van der Waals surface area contributed by atoms with Crippen LogP contribution in [0.5, 0.6) is 0 Å². The molecule has 1 unspecified atom stereocenters. The van der Waals surface area contributed by atoms with E-state index in [2.05, 4.69) is 10.3 Å². The Bertz CT molecular complexity index is 701. The smallest absolute Gasteiger partial charge is 0.249 e. The summed E-state index contributed by atoms with van der Waals surface area (Å²) < 4.78 is 0. The van der Waals surface area contributed by atoms with Crippen molar-refractivity contribution in [1.82, 2.24) is 10.2 Å². The topological polar surface area (TPSA) is 174 Å². The maximum Gasteiger partial charge on any atom is 0.249 e. The van der Waals surface area contributed by atoms with Crippen LogP contribution in [-0.4, -0.2) is 59.5 Å². The number of amides is 3. The monoisotopic (exact) mass is 408 g/mol. The minimum atomic E-state index is -0.764. The number of imide groups is 1. The lowest BCUT2D eigenvalue weighted by molar-refractivity contribution is -0.143. The second-order valence-corrected chi connectivity index (χ2v) is 8.56. The molecule has 0 aromatic carbocycles. The number of aliphatic imine (C=N–C) groups is 1. The van der Waals surface area contributed by atoms with Gasteiger partial charge in [-0.05, 0) is 31.1 Å². The molecule has 1 heterocycles. The molecule has 1 aliphatic carbocycles. The van der Waals surface area contributed by atoms with Gasteiger partial charge >= 0.3 is 0 Å². The van der Waals surface area contributed by atoms with Crippen LogP contribution in [0.3, 0.4) is 0 Å². The molecule has 1 saturated heterocycles. The van der Waals surface area contributed by atoms with Gasteiger partial charge in [0.25, 0.3) is 0 Å². The fraction of sp³-hybridized carbons (Fsp3) is 0.737. The zero-order chi connectivity index (χ0) is 21.8. The summed E-state index contributed by atoms with van der Waals surface area (Å²) in [5.74, 6) is -1.82. The average molecular weight is 409 g/mol. The first kappa shape index (κ1) is 22.8. The van der Waals surface area contributed by atoms with Crippen molar-refractivity contribution < 1.29 is 19.2 Å². The molecule has 0 aromatic heterocycles. The molecule has 29 heavy (non-hydrogen) atoms. The Labute approximate surface area is 170 Å². The summed E-state index contributed by atoms with van der Waals surface area (Å²) >= 11 is 0. The van der Waals surface area contributed by atoms with Crippen LogP contribution < -0.4 is 22.5 Å². The van der Waals surface area contributed by atoms with E-state index in [9.17, 15) is 19.2 Å². The van der Waals surface area contributed by atoms with Crippen LogP contribution in [0.25, 0.3) is 0 Å². The van der Waals surface area contributed by atoms with E-state index in [0.29, 0.717) is 45.2 Å². The number of guanidine groups is 1. The van der Waals surface area contributed by atoms with E-state index >= 15 is 0 Å². The highest BCUT2D eigenvalue weighted by Gasteiger charge is 2.45. The van der Waals surface area contributed by atoms with Crippen LogP contribution in [-0.2, 0) is 19.2 Å². The molecule has 3 amide bonds. The van der Waals surface area contributed by atoms with Gasteiger partial charge in [-0.3, -0.25) is 29.5 Å². The number of hydrogen-bond acceptors (Lipinski definition) is 6. The van der Waals surface area contributed by atoms with Crippen LogP contribution in [0.1, 0.15) is 52.4 Å². The number of rotatable bonds is 7. The molecule has 1 aliphatic heterocycles. The summed E-state index contributed by atoms with van der Waals surface area (Å²) in [6, 6.07) is -1.49. The molecule has 2 aliphatic rings. The van der Waals surface area contributed by atoms with E-state index < -0.39 is 35.2 Å². The van der Waals surface area contributed by atoms with Gasteiger partial charge in [-0.2, -0.15) is 0 Å². The van der Waals surface area contributed by atoms with Gasteiger partial charge in [-0.25, -0.2) is 0 Å². The number of nitrogens with zero attached hydrogens (tertiary/aromatic N) is 2. The predicted octanol–water partition coefficient (Wildman–Crippen LogP) is -0.994. The minimum Gasteiger partial charge on any atom is -0.370 e. The number of hydrogen-bond donors (Lipinski definition) is 4. The summed E-state index contributed by atoms with van der Waals surface area (Å²) in [6.07, 6.45) is 2.52. The number of nitrogens with one attached hydrogen (secondary N) is 1. The zero-order valence-electron chi connectivity index (χ0n) is 17.1. The van der Waals surface area contributed by atoms with E-state index in [-0.39, 0.29) is 24.1 Å². The Kier molecular flexibility index (Phi) is 7.34. The molecule has 3 atom stereocenters. The summed E-state index contributed by atoms with van der Waals surface area (Å²) in [5.41, 5.74) is 16.0. The van der Waals surface area contributed by atoms with Gasteiger partial charge in [0, 0.05) is 25.9 Å². The van der Waals surface area contributed by atoms with E-state index in [0.717, 1.165) is 0 Å². The molecular weight excluding hydrogens is 376 g/mol. The van der Waals surface area contributed by atoms with Gasteiger partial charge < -0.3 is 22.1 Å². The molecule has 0 bridgehead atoms. The maximum absolute atomic E-state index is 12.7. The van der Waals surface area contributed by atoms with Crippen LogP contribution in [0.4, 0.5) is 0 Å². The SMILES string of the molecule is CC1(C)CC(=O)CC1C(=O)NC(=O)[C@@H]1CCCN1C(=O)[C@@H](N)CCCN=C(N)N. The number of carbonyl (C=O) groups is 4. The lowest BCUT2D eigenvalue weighted by Crippen LogP contribution is -2.53. The summed E-state index contributed by atoms with van der Waals surface area (Å²) in [4.78, 5) is 54.9. The Hall–Kier alpha value is -2.49.